The summed E-state index contributed by atoms with van der Waals surface area (Å²) in [5.41, 5.74) is 0. The van der Waals surface area contributed by atoms with Crippen molar-refractivity contribution in [2.75, 3.05) is 0 Å². The summed E-state index contributed by atoms with van der Waals surface area (Å²) >= 11 is 0. The maximum Gasteiger partial charge on any atom is 0.119 e. The maximum atomic E-state index is 10.2. The highest BCUT2D eigenvalue weighted by molar-refractivity contribution is 5.48. The van der Waals surface area contributed by atoms with Crippen molar-refractivity contribution in [2.45, 2.75) is 129 Å². The lowest BCUT2D eigenvalue weighted by atomic mass is 9.95. The first-order chi connectivity index (χ1) is 12.7. The van der Waals surface area contributed by atoms with Crippen LogP contribution in [0.2, 0.25) is 0 Å². The first-order valence-corrected chi connectivity index (χ1v) is 11.5. The Hall–Kier alpha value is -0.630. The summed E-state index contributed by atoms with van der Waals surface area (Å²) in [6.07, 6.45) is 26.1. The lowest BCUT2D eigenvalue weighted by Crippen LogP contribution is -2.17. The third-order valence-corrected chi connectivity index (χ3v) is 5.38. The third kappa shape index (κ3) is 18.2. The fourth-order valence-corrected chi connectivity index (χ4v) is 3.51. The molecule has 0 radical (unpaired) electrons. The first kappa shape index (κ1) is 25.4. The molecule has 154 valence electrons. The molecule has 0 fully saturated rings. The highest BCUT2D eigenvalue weighted by atomic mass is 16.3. The molecule has 0 spiro atoms. The van der Waals surface area contributed by atoms with Crippen LogP contribution < -0.4 is 0 Å². The number of aliphatic hydroxyl groups excluding tert-OH is 1. The molecule has 26 heavy (non-hydrogen) atoms. The van der Waals surface area contributed by atoms with Gasteiger partial charge in [0.25, 0.3) is 0 Å². The summed E-state index contributed by atoms with van der Waals surface area (Å²) < 4.78 is 0. The molecule has 1 N–H and O–H groups in total. The Morgan fingerprint density at radius 3 is 1.65 bits per heavy atom. The molecule has 2 nitrogen and oxygen atoms in total. The van der Waals surface area contributed by atoms with Crippen molar-refractivity contribution in [1.82, 2.24) is 0 Å². The number of hydrogen-bond donors (Lipinski definition) is 1. The van der Waals surface area contributed by atoms with Crippen LogP contribution >= 0.6 is 0 Å². The van der Waals surface area contributed by atoms with Crippen LogP contribution in [-0.2, 0) is 4.79 Å². The monoisotopic (exact) mass is 366 g/mol. The minimum Gasteiger partial charge on any atom is -0.393 e. The van der Waals surface area contributed by atoms with E-state index in [4.69, 9.17) is 0 Å². The lowest BCUT2D eigenvalue weighted by molar-refractivity contribution is -0.107. The minimum absolute atomic E-state index is 0.0915. The molecule has 0 aliphatic carbocycles. The summed E-state index contributed by atoms with van der Waals surface area (Å²) in [4.78, 5) is 10.2. The van der Waals surface area contributed by atoms with Crippen LogP contribution in [0.4, 0.5) is 0 Å². The molecule has 0 aromatic carbocycles. The topological polar surface area (TPSA) is 37.3 Å². The number of allylic oxidation sites excluding steroid dienone is 2. The molecule has 2 unspecified atom stereocenters. The van der Waals surface area contributed by atoms with Gasteiger partial charge in [0.05, 0.1) is 6.10 Å². The van der Waals surface area contributed by atoms with E-state index in [1.807, 2.05) is 0 Å². The van der Waals surface area contributed by atoms with E-state index in [-0.39, 0.29) is 6.10 Å². The van der Waals surface area contributed by atoms with E-state index in [9.17, 15) is 9.90 Å². The van der Waals surface area contributed by atoms with Crippen molar-refractivity contribution < 1.29 is 9.90 Å². The number of rotatable bonds is 20. The van der Waals surface area contributed by atoms with Gasteiger partial charge in [-0.15, -0.1) is 0 Å². The molecule has 0 aliphatic rings. The number of unbranched alkanes of at least 4 members (excludes halogenated alkanes) is 12. The zero-order valence-corrected chi connectivity index (χ0v) is 17.8. The molecule has 0 saturated carbocycles. The van der Waals surface area contributed by atoms with Gasteiger partial charge in [-0.25, -0.2) is 0 Å². The van der Waals surface area contributed by atoms with E-state index in [2.05, 4.69) is 26.0 Å². The Labute approximate surface area is 163 Å². The standard InChI is InChI=1S/C24H46O2/c1-3-20-23(2)24(26)21-18-16-14-12-10-8-6-4-5-7-9-11-13-15-17-19-22-25/h6,8,22-24,26H,3-5,7,9-21H2,1-2H3/b8-6-. The van der Waals surface area contributed by atoms with Gasteiger partial charge in [0.1, 0.15) is 6.29 Å². The number of aliphatic hydroxyl groups is 1. The van der Waals surface area contributed by atoms with Gasteiger partial charge in [0.15, 0.2) is 0 Å². The van der Waals surface area contributed by atoms with E-state index < -0.39 is 0 Å². The van der Waals surface area contributed by atoms with Gasteiger partial charge in [-0.05, 0) is 50.9 Å². The van der Waals surface area contributed by atoms with E-state index >= 15 is 0 Å². The first-order valence-electron chi connectivity index (χ1n) is 11.5. The van der Waals surface area contributed by atoms with Crippen molar-refractivity contribution in [1.29, 1.82) is 0 Å². The Morgan fingerprint density at radius 2 is 1.15 bits per heavy atom. The zero-order chi connectivity index (χ0) is 19.3. The Kier molecular flexibility index (Phi) is 20.2. The number of aldehydes is 1. The SMILES string of the molecule is CCCC(C)C(O)CCCCCC/C=C\CCCCCCCCCC=O. The summed E-state index contributed by atoms with van der Waals surface area (Å²) in [5.74, 6) is 0.463. The van der Waals surface area contributed by atoms with Gasteiger partial charge < -0.3 is 9.90 Å². The molecule has 0 aromatic heterocycles. The van der Waals surface area contributed by atoms with E-state index in [1.54, 1.807) is 0 Å². The average molecular weight is 367 g/mol. The number of carbonyl (C=O) groups excluding carboxylic acids is 1. The second-order valence-corrected chi connectivity index (χ2v) is 8.02. The van der Waals surface area contributed by atoms with Gasteiger partial charge in [-0.3, -0.25) is 0 Å². The highest BCUT2D eigenvalue weighted by Gasteiger charge is 2.12. The minimum atomic E-state index is -0.0915. The maximum absolute atomic E-state index is 10.2. The van der Waals surface area contributed by atoms with Crippen LogP contribution in [0.1, 0.15) is 123 Å². The smallest absolute Gasteiger partial charge is 0.119 e. The van der Waals surface area contributed by atoms with Gasteiger partial charge in [0, 0.05) is 6.42 Å². The van der Waals surface area contributed by atoms with E-state index in [0.29, 0.717) is 5.92 Å². The van der Waals surface area contributed by atoms with Crippen LogP contribution in [0.5, 0.6) is 0 Å². The van der Waals surface area contributed by atoms with E-state index in [1.165, 1.54) is 83.5 Å². The van der Waals surface area contributed by atoms with Crippen molar-refractivity contribution in [3.63, 3.8) is 0 Å². The molecule has 2 atom stereocenters. The highest BCUT2D eigenvalue weighted by Crippen LogP contribution is 2.17. The molecular formula is C24H46O2. The molecule has 0 saturated heterocycles. The average Bonchev–Trinajstić information content (AvgIpc) is 2.64. The predicted octanol–water partition coefficient (Wildman–Crippen LogP) is 7.39. The van der Waals surface area contributed by atoms with Crippen molar-refractivity contribution in [3.05, 3.63) is 12.2 Å². The molecule has 0 aliphatic heterocycles. The second-order valence-electron chi connectivity index (χ2n) is 8.02. The van der Waals surface area contributed by atoms with E-state index in [0.717, 1.165) is 32.0 Å². The van der Waals surface area contributed by atoms with Gasteiger partial charge >= 0.3 is 0 Å². The van der Waals surface area contributed by atoms with Gasteiger partial charge in [-0.1, -0.05) is 83.8 Å². The lowest BCUT2D eigenvalue weighted by Gasteiger charge is -2.17. The molecule has 0 rings (SSSR count). The number of hydrogen-bond acceptors (Lipinski definition) is 2. The second kappa shape index (κ2) is 20.7. The third-order valence-electron chi connectivity index (χ3n) is 5.38. The Balaban J connectivity index is 3.23. The molecular weight excluding hydrogens is 320 g/mol. The van der Waals surface area contributed by atoms with Crippen molar-refractivity contribution in [3.8, 4) is 0 Å². The zero-order valence-electron chi connectivity index (χ0n) is 17.8. The van der Waals surface area contributed by atoms with Crippen LogP contribution in [0, 0.1) is 5.92 Å². The molecule has 0 amide bonds. The summed E-state index contributed by atoms with van der Waals surface area (Å²) in [5, 5.41) is 10.1. The van der Waals surface area contributed by atoms with Crippen LogP contribution in [0.25, 0.3) is 0 Å². The van der Waals surface area contributed by atoms with Crippen LogP contribution in [0.15, 0.2) is 12.2 Å². The molecule has 0 aromatic rings. The molecule has 0 bridgehead atoms. The predicted molar refractivity (Wildman–Crippen MR) is 115 cm³/mol. The normalized spacial score (nSPS) is 14.0. The number of carbonyl (C=O) groups is 1. The van der Waals surface area contributed by atoms with Crippen LogP contribution in [-0.4, -0.2) is 17.5 Å². The quantitative estimate of drug-likeness (QED) is 0.138. The van der Waals surface area contributed by atoms with Gasteiger partial charge in [0.2, 0.25) is 0 Å². The Bertz CT molecular complexity index is 311. The van der Waals surface area contributed by atoms with Crippen molar-refractivity contribution >= 4 is 6.29 Å². The molecule has 0 heterocycles. The fraction of sp³-hybridized carbons (Fsp3) is 0.875. The molecule has 2 heteroatoms. The summed E-state index contributed by atoms with van der Waals surface area (Å²) in [6.45, 7) is 4.37. The largest absolute Gasteiger partial charge is 0.393 e. The summed E-state index contributed by atoms with van der Waals surface area (Å²) in [7, 11) is 0. The van der Waals surface area contributed by atoms with Crippen molar-refractivity contribution in [2.24, 2.45) is 5.92 Å². The summed E-state index contributed by atoms with van der Waals surface area (Å²) in [6, 6.07) is 0. The fourth-order valence-electron chi connectivity index (χ4n) is 3.51. The van der Waals surface area contributed by atoms with Gasteiger partial charge in [-0.2, -0.15) is 0 Å². The Morgan fingerprint density at radius 1 is 0.692 bits per heavy atom. The van der Waals surface area contributed by atoms with Crippen LogP contribution in [0.3, 0.4) is 0 Å².